The molecule has 0 aliphatic carbocycles. The monoisotopic (exact) mass is 416 g/mol. The summed E-state index contributed by atoms with van der Waals surface area (Å²) in [7, 11) is 3.89. The van der Waals surface area contributed by atoms with Gasteiger partial charge in [0.25, 0.3) is 0 Å². The molecule has 2 N–H and O–H groups in total. The smallest absolute Gasteiger partial charge is 0.179 e. The van der Waals surface area contributed by atoms with Crippen LogP contribution in [0.5, 0.6) is 5.75 Å². The number of fused-ring (bicyclic) bond motifs is 1. The number of ether oxygens (including phenoxy) is 1. The molecule has 4 rings (SSSR count). The molecule has 2 aromatic carbocycles. The van der Waals surface area contributed by atoms with Gasteiger partial charge >= 0.3 is 0 Å². The van der Waals surface area contributed by atoms with Gasteiger partial charge in [-0.1, -0.05) is 36.4 Å². The van der Waals surface area contributed by atoms with Gasteiger partial charge < -0.3 is 15.4 Å². The Hall–Kier alpha value is -3.45. The molecule has 0 aliphatic rings. The van der Waals surface area contributed by atoms with E-state index in [2.05, 4.69) is 29.3 Å². The third kappa shape index (κ3) is 4.09. The van der Waals surface area contributed by atoms with Gasteiger partial charge in [0.15, 0.2) is 5.82 Å². The minimum absolute atomic E-state index is 0.102. The Kier molecular flexibility index (Phi) is 5.86. The summed E-state index contributed by atoms with van der Waals surface area (Å²) in [5, 5.41) is 14.6. The summed E-state index contributed by atoms with van der Waals surface area (Å²) in [6.07, 6.45) is 0.636. The number of rotatable bonds is 7. The van der Waals surface area contributed by atoms with Gasteiger partial charge in [-0.05, 0) is 38.1 Å². The minimum Gasteiger partial charge on any atom is -0.486 e. The molecule has 2 aromatic heterocycles. The topological polar surface area (TPSA) is 82.1 Å². The van der Waals surface area contributed by atoms with Crippen molar-refractivity contribution in [2.75, 3.05) is 25.5 Å². The zero-order chi connectivity index (χ0) is 22.0. The van der Waals surface area contributed by atoms with Gasteiger partial charge in [0.2, 0.25) is 0 Å². The van der Waals surface area contributed by atoms with Crippen molar-refractivity contribution in [1.82, 2.24) is 20.0 Å². The van der Waals surface area contributed by atoms with Crippen LogP contribution in [0.15, 0.2) is 54.6 Å². The summed E-state index contributed by atoms with van der Waals surface area (Å²) in [5.74, 6) is 1.53. The van der Waals surface area contributed by atoms with Crippen LogP contribution in [-0.2, 0) is 0 Å². The Labute approximate surface area is 182 Å². The Morgan fingerprint density at radius 3 is 2.52 bits per heavy atom. The zero-order valence-electron chi connectivity index (χ0n) is 18.4. The van der Waals surface area contributed by atoms with Crippen molar-refractivity contribution >= 4 is 16.7 Å². The van der Waals surface area contributed by atoms with E-state index in [0.717, 1.165) is 51.5 Å². The molecule has 7 nitrogen and oxygen atoms in total. The molecule has 0 amide bonds. The quantitative estimate of drug-likeness (QED) is 0.491. The molecule has 0 saturated carbocycles. The van der Waals surface area contributed by atoms with Crippen LogP contribution >= 0.6 is 0 Å². The first-order chi connectivity index (χ1) is 15.0. The largest absolute Gasteiger partial charge is 0.486 e. The molecular weight excluding hydrogens is 388 g/mol. The molecule has 1 unspecified atom stereocenters. The highest BCUT2D eigenvalue weighted by molar-refractivity contribution is 5.92. The van der Waals surface area contributed by atoms with Gasteiger partial charge in [0.05, 0.1) is 22.5 Å². The second-order valence-electron chi connectivity index (χ2n) is 7.82. The number of nitrogens with zero attached hydrogens (tertiary/aromatic N) is 5. The van der Waals surface area contributed by atoms with E-state index >= 15 is 0 Å². The fourth-order valence-electron chi connectivity index (χ4n) is 3.83. The standard InChI is InChI=1S/C24H28N6O/c1-16-22-17(2)30(28-23(22)24(27-26-16)29(3)4)19-11-8-12-20(15-19)31-21(13-14-25)18-9-6-5-7-10-18/h5-12,15,21H,13-14,25H2,1-4H3. The van der Waals surface area contributed by atoms with Crippen LogP contribution in [0.2, 0.25) is 0 Å². The van der Waals surface area contributed by atoms with Crippen LogP contribution in [0.1, 0.15) is 29.5 Å². The normalized spacial score (nSPS) is 12.2. The predicted molar refractivity (Wildman–Crippen MR) is 124 cm³/mol. The molecule has 0 spiro atoms. The van der Waals surface area contributed by atoms with E-state index < -0.39 is 0 Å². The molecule has 7 heteroatoms. The molecule has 0 radical (unpaired) electrons. The predicted octanol–water partition coefficient (Wildman–Crippen LogP) is 3.97. The SMILES string of the molecule is Cc1nnc(N(C)C)c2nn(-c3cccc(OC(CCN)c4ccccc4)c3)c(C)c12. The first kappa shape index (κ1) is 20.8. The van der Waals surface area contributed by atoms with Gasteiger partial charge in [0.1, 0.15) is 17.4 Å². The van der Waals surface area contributed by atoms with Gasteiger partial charge in [-0.15, -0.1) is 5.10 Å². The van der Waals surface area contributed by atoms with Crippen molar-refractivity contribution in [3.05, 3.63) is 71.5 Å². The number of nitrogens with two attached hydrogens (primary N) is 1. The van der Waals surface area contributed by atoms with E-state index in [1.807, 2.05) is 73.1 Å². The number of anilines is 1. The van der Waals surface area contributed by atoms with Gasteiger partial charge in [-0.2, -0.15) is 10.2 Å². The highest BCUT2D eigenvalue weighted by atomic mass is 16.5. The summed E-state index contributed by atoms with van der Waals surface area (Å²) >= 11 is 0. The lowest BCUT2D eigenvalue weighted by Gasteiger charge is -2.19. The maximum atomic E-state index is 6.35. The molecule has 0 bridgehead atoms. The van der Waals surface area contributed by atoms with E-state index in [9.17, 15) is 0 Å². The summed E-state index contributed by atoms with van der Waals surface area (Å²) in [5.41, 5.74) is 10.6. The zero-order valence-corrected chi connectivity index (χ0v) is 18.4. The van der Waals surface area contributed by atoms with Crippen LogP contribution in [-0.4, -0.2) is 40.6 Å². The van der Waals surface area contributed by atoms with Crippen LogP contribution < -0.4 is 15.4 Å². The van der Waals surface area contributed by atoms with Crippen LogP contribution in [0.3, 0.4) is 0 Å². The third-order valence-corrected chi connectivity index (χ3v) is 5.35. The van der Waals surface area contributed by atoms with Crippen molar-refractivity contribution in [1.29, 1.82) is 0 Å². The Bertz CT molecular complexity index is 1190. The molecule has 2 heterocycles. The lowest BCUT2D eigenvalue weighted by atomic mass is 10.1. The minimum atomic E-state index is -0.102. The first-order valence-corrected chi connectivity index (χ1v) is 10.4. The van der Waals surface area contributed by atoms with E-state index in [1.165, 1.54) is 0 Å². The molecule has 0 saturated heterocycles. The fraction of sp³-hybridized carbons (Fsp3) is 0.292. The molecule has 160 valence electrons. The van der Waals surface area contributed by atoms with Crippen LogP contribution in [0.25, 0.3) is 16.6 Å². The summed E-state index contributed by atoms with van der Waals surface area (Å²) in [6.45, 7) is 4.57. The lowest BCUT2D eigenvalue weighted by Crippen LogP contribution is -2.13. The Morgan fingerprint density at radius 2 is 1.81 bits per heavy atom. The molecular formula is C24H28N6O. The van der Waals surface area contributed by atoms with Crippen LogP contribution in [0.4, 0.5) is 5.82 Å². The average Bonchev–Trinajstić information content (AvgIpc) is 3.12. The highest BCUT2D eigenvalue weighted by Crippen LogP contribution is 2.30. The van der Waals surface area contributed by atoms with Crippen molar-refractivity contribution in [3.63, 3.8) is 0 Å². The Morgan fingerprint density at radius 1 is 1.03 bits per heavy atom. The average molecular weight is 417 g/mol. The van der Waals surface area contributed by atoms with E-state index in [4.69, 9.17) is 15.6 Å². The summed E-state index contributed by atoms with van der Waals surface area (Å²) in [6, 6.07) is 18.2. The second-order valence-corrected chi connectivity index (χ2v) is 7.82. The van der Waals surface area contributed by atoms with E-state index in [-0.39, 0.29) is 6.10 Å². The second kappa shape index (κ2) is 8.73. The molecule has 1 atom stereocenters. The maximum absolute atomic E-state index is 6.35. The van der Waals surface area contributed by atoms with Gasteiger partial charge in [0, 0.05) is 26.6 Å². The van der Waals surface area contributed by atoms with Crippen LogP contribution in [0, 0.1) is 13.8 Å². The van der Waals surface area contributed by atoms with Crippen molar-refractivity contribution in [2.24, 2.45) is 5.73 Å². The summed E-state index contributed by atoms with van der Waals surface area (Å²) < 4.78 is 8.28. The molecule has 0 aliphatic heterocycles. The highest BCUT2D eigenvalue weighted by Gasteiger charge is 2.19. The molecule has 0 fully saturated rings. The maximum Gasteiger partial charge on any atom is 0.179 e. The van der Waals surface area contributed by atoms with Crippen molar-refractivity contribution in [2.45, 2.75) is 26.4 Å². The van der Waals surface area contributed by atoms with Crippen molar-refractivity contribution < 1.29 is 4.74 Å². The fourth-order valence-corrected chi connectivity index (χ4v) is 3.83. The van der Waals surface area contributed by atoms with E-state index in [0.29, 0.717) is 6.54 Å². The first-order valence-electron chi connectivity index (χ1n) is 10.4. The third-order valence-electron chi connectivity index (χ3n) is 5.35. The summed E-state index contributed by atoms with van der Waals surface area (Å²) in [4.78, 5) is 1.93. The molecule has 31 heavy (non-hydrogen) atoms. The Balaban J connectivity index is 1.73. The number of benzene rings is 2. The van der Waals surface area contributed by atoms with E-state index in [1.54, 1.807) is 0 Å². The number of aromatic nitrogens is 4. The lowest BCUT2D eigenvalue weighted by molar-refractivity contribution is 0.198. The van der Waals surface area contributed by atoms with Gasteiger partial charge in [-0.3, -0.25) is 0 Å². The van der Waals surface area contributed by atoms with Gasteiger partial charge in [-0.25, -0.2) is 4.68 Å². The number of hydrogen-bond acceptors (Lipinski definition) is 6. The number of aryl methyl sites for hydroxylation is 2. The van der Waals surface area contributed by atoms with Crippen molar-refractivity contribution in [3.8, 4) is 11.4 Å². The number of hydrogen-bond donors (Lipinski definition) is 1. The molecule has 4 aromatic rings.